The molecule has 0 unspecified atom stereocenters. The number of nitrogens with one attached hydrogen (secondary N) is 1. The Labute approximate surface area is 170 Å². The van der Waals surface area contributed by atoms with E-state index in [0.29, 0.717) is 28.9 Å². The maximum Gasteiger partial charge on any atom is 0.306 e. The predicted molar refractivity (Wildman–Crippen MR) is 105 cm³/mol. The maximum absolute atomic E-state index is 12.0. The molecule has 0 fully saturated rings. The van der Waals surface area contributed by atoms with Crippen LogP contribution in [-0.2, 0) is 20.7 Å². The van der Waals surface area contributed by atoms with Crippen LogP contribution < -0.4 is 14.8 Å². The summed E-state index contributed by atoms with van der Waals surface area (Å²) in [6.45, 7) is -0.419. The second kappa shape index (κ2) is 9.69. The van der Waals surface area contributed by atoms with Crippen molar-refractivity contribution in [1.29, 1.82) is 0 Å². The largest absolute Gasteiger partial charge is 0.497 e. The summed E-state index contributed by atoms with van der Waals surface area (Å²) in [7, 11) is 3.01. The number of carbonyl (C=O) groups excluding carboxylic acids is 2. The number of anilines is 1. The first-order valence-electron chi connectivity index (χ1n) is 8.61. The molecule has 29 heavy (non-hydrogen) atoms. The number of thiophene rings is 1. The van der Waals surface area contributed by atoms with Crippen LogP contribution in [-0.4, -0.2) is 42.8 Å². The van der Waals surface area contributed by atoms with Crippen molar-refractivity contribution >= 4 is 28.9 Å². The minimum absolute atomic E-state index is 0.0183. The fraction of sp³-hybridized carbons (Fsp3) is 0.263. The van der Waals surface area contributed by atoms with E-state index < -0.39 is 18.5 Å². The summed E-state index contributed by atoms with van der Waals surface area (Å²) in [5.74, 6) is 0.797. The van der Waals surface area contributed by atoms with Gasteiger partial charge in [-0.25, -0.2) is 0 Å². The molecule has 0 atom stereocenters. The van der Waals surface area contributed by atoms with Crippen molar-refractivity contribution in [1.82, 2.24) is 10.1 Å². The molecule has 0 aliphatic rings. The predicted octanol–water partition coefficient (Wildman–Crippen LogP) is 2.93. The molecule has 152 valence electrons. The average molecular weight is 417 g/mol. The lowest BCUT2D eigenvalue weighted by molar-refractivity contribution is -0.147. The average Bonchev–Trinajstić information content (AvgIpc) is 3.42. The molecule has 0 aliphatic carbocycles. The number of amides is 1. The second-order valence-corrected chi connectivity index (χ2v) is 6.58. The van der Waals surface area contributed by atoms with Gasteiger partial charge in [0.1, 0.15) is 11.5 Å². The van der Waals surface area contributed by atoms with Crippen LogP contribution >= 0.6 is 11.3 Å². The number of methoxy groups -OCH3 is 2. The Morgan fingerprint density at radius 1 is 1.21 bits per heavy atom. The van der Waals surface area contributed by atoms with Crippen molar-refractivity contribution in [2.75, 3.05) is 26.1 Å². The highest BCUT2D eigenvalue weighted by molar-refractivity contribution is 7.08. The van der Waals surface area contributed by atoms with Gasteiger partial charge in [0.2, 0.25) is 11.7 Å². The summed E-state index contributed by atoms with van der Waals surface area (Å²) in [6, 6.07) is 6.83. The van der Waals surface area contributed by atoms with Gasteiger partial charge in [0.25, 0.3) is 5.91 Å². The quantitative estimate of drug-likeness (QED) is 0.529. The lowest BCUT2D eigenvalue weighted by Gasteiger charge is -2.11. The van der Waals surface area contributed by atoms with Crippen LogP contribution in [0.3, 0.4) is 0 Å². The highest BCUT2D eigenvalue weighted by Gasteiger charge is 2.14. The first-order chi connectivity index (χ1) is 14.1. The number of esters is 1. The summed E-state index contributed by atoms with van der Waals surface area (Å²) in [5, 5.41) is 10.3. The number of carbonyl (C=O) groups is 2. The van der Waals surface area contributed by atoms with Crippen LogP contribution in [0.4, 0.5) is 5.69 Å². The van der Waals surface area contributed by atoms with Gasteiger partial charge < -0.3 is 24.1 Å². The van der Waals surface area contributed by atoms with Gasteiger partial charge in [-0.05, 0) is 23.6 Å². The lowest BCUT2D eigenvalue weighted by Crippen LogP contribution is -2.21. The van der Waals surface area contributed by atoms with Gasteiger partial charge >= 0.3 is 5.97 Å². The minimum atomic E-state index is -0.544. The molecule has 1 aromatic carbocycles. The number of hydrogen-bond donors (Lipinski definition) is 1. The van der Waals surface area contributed by atoms with Gasteiger partial charge in [-0.15, -0.1) is 0 Å². The van der Waals surface area contributed by atoms with Crippen LogP contribution in [0.25, 0.3) is 11.4 Å². The molecule has 0 aliphatic heterocycles. The number of hydrogen-bond acceptors (Lipinski definition) is 9. The first kappa shape index (κ1) is 20.3. The minimum Gasteiger partial charge on any atom is -0.497 e. The molecule has 0 bridgehead atoms. The van der Waals surface area contributed by atoms with E-state index in [2.05, 4.69) is 15.5 Å². The second-order valence-electron chi connectivity index (χ2n) is 5.80. The third kappa shape index (κ3) is 5.55. The Morgan fingerprint density at radius 2 is 2.07 bits per heavy atom. The molecule has 1 N–H and O–H groups in total. The highest BCUT2D eigenvalue weighted by atomic mass is 32.1. The molecule has 0 saturated carbocycles. The van der Waals surface area contributed by atoms with Crippen molar-refractivity contribution in [2.24, 2.45) is 0 Å². The molecule has 0 spiro atoms. The van der Waals surface area contributed by atoms with Gasteiger partial charge in [0, 0.05) is 23.4 Å². The molecule has 2 heterocycles. The van der Waals surface area contributed by atoms with E-state index in [1.54, 1.807) is 18.2 Å². The van der Waals surface area contributed by atoms with E-state index in [1.807, 2.05) is 16.8 Å². The molecule has 0 radical (unpaired) electrons. The standard InChI is InChI=1S/C19H19N3O6S/c1-25-13-3-4-14(15(9-13)26-2)20-16(23)10-27-18(24)6-5-17-21-19(22-28-17)12-7-8-29-11-12/h3-4,7-9,11H,5-6,10H2,1-2H3,(H,20,23). The van der Waals surface area contributed by atoms with E-state index in [4.69, 9.17) is 18.7 Å². The van der Waals surface area contributed by atoms with E-state index in [9.17, 15) is 9.59 Å². The zero-order valence-corrected chi connectivity index (χ0v) is 16.7. The monoisotopic (exact) mass is 417 g/mol. The summed E-state index contributed by atoms with van der Waals surface area (Å²) < 4.78 is 20.4. The van der Waals surface area contributed by atoms with Gasteiger partial charge in [0.15, 0.2) is 6.61 Å². The Hall–Kier alpha value is -3.40. The summed E-state index contributed by atoms with van der Waals surface area (Å²) in [4.78, 5) is 28.1. The van der Waals surface area contributed by atoms with Gasteiger partial charge in [-0.1, -0.05) is 5.16 Å². The van der Waals surface area contributed by atoms with Crippen LogP contribution in [0.1, 0.15) is 12.3 Å². The number of aromatic nitrogens is 2. The molecule has 2 aromatic heterocycles. The topological polar surface area (TPSA) is 113 Å². The number of ether oxygens (including phenoxy) is 3. The summed E-state index contributed by atoms with van der Waals surface area (Å²) >= 11 is 1.53. The molecule has 9 nitrogen and oxygen atoms in total. The highest BCUT2D eigenvalue weighted by Crippen LogP contribution is 2.28. The van der Waals surface area contributed by atoms with Gasteiger partial charge in [-0.3, -0.25) is 9.59 Å². The zero-order chi connectivity index (χ0) is 20.6. The lowest BCUT2D eigenvalue weighted by atomic mass is 10.2. The van der Waals surface area contributed by atoms with Crippen LogP contribution in [0.15, 0.2) is 39.5 Å². The Balaban J connectivity index is 1.44. The van der Waals surface area contributed by atoms with Gasteiger partial charge in [0.05, 0.1) is 26.3 Å². The van der Waals surface area contributed by atoms with Crippen molar-refractivity contribution in [3.05, 3.63) is 40.9 Å². The molecule has 0 saturated heterocycles. The smallest absolute Gasteiger partial charge is 0.306 e. The maximum atomic E-state index is 12.0. The summed E-state index contributed by atoms with van der Waals surface area (Å²) in [5.41, 5.74) is 1.30. The van der Waals surface area contributed by atoms with Crippen LogP contribution in [0.5, 0.6) is 11.5 Å². The molecule has 3 aromatic rings. The number of benzene rings is 1. The van der Waals surface area contributed by atoms with Crippen molar-refractivity contribution in [3.8, 4) is 22.9 Å². The molecule has 3 rings (SSSR count). The van der Waals surface area contributed by atoms with Crippen molar-refractivity contribution in [2.45, 2.75) is 12.8 Å². The number of rotatable bonds is 9. The van der Waals surface area contributed by atoms with E-state index in [1.165, 1.54) is 25.6 Å². The first-order valence-corrected chi connectivity index (χ1v) is 9.56. The van der Waals surface area contributed by atoms with E-state index in [-0.39, 0.29) is 12.8 Å². The van der Waals surface area contributed by atoms with E-state index in [0.717, 1.165) is 5.56 Å². The van der Waals surface area contributed by atoms with Crippen LogP contribution in [0.2, 0.25) is 0 Å². The molecule has 10 heteroatoms. The molecular formula is C19H19N3O6S. The number of aryl methyl sites for hydroxylation is 1. The van der Waals surface area contributed by atoms with Crippen molar-refractivity contribution < 1.29 is 28.3 Å². The van der Waals surface area contributed by atoms with Gasteiger partial charge in [-0.2, -0.15) is 16.3 Å². The Morgan fingerprint density at radius 3 is 2.79 bits per heavy atom. The SMILES string of the molecule is COc1ccc(NC(=O)COC(=O)CCc2nc(-c3ccsc3)no2)c(OC)c1. The molecule has 1 amide bonds. The summed E-state index contributed by atoms with van der Waals surface area (Å²) in [6.07, 6.45) is 0.244. The third-order valence-corrected chi connectivity index (χ3v) is 4.52. The van der Waals surface area contributed by atoms with E-state index >= 15 is 0 Å². The Bertz CT molecular complexity index is 970. The third-order valence-electron chi connectivity index (χ3n) is 3.84. The number of nitrogens with zero attached hydrogens (tertiary/aromatic N) is 2. The zero-order valence-electron chi connectivity index (χ0n) is 15.8. The Kier molecular flexibility index (Phi) is 6.80. The fourth-order valence-corrected chi connectivity index (χ4v) is 3.01. The van der Waals surface area contributed by atoms with Crippen molar-refractivity contribution in [3.63, 3.8) is 0 Å². The molecular weight excluding hydrogens is 398 g/mol. The normalized spacial score (nSPS) is 10.4. The fourth-order valence-electron chi connectivity index (χ4n) is 2.38. The van der Waals surface area contributed by atoms with Crippen LogP contribution in [0, 0.1) is 0 Å².